The van der Waals surface area contributed by atoms with E-state index in [1.807, 2.05) is 0 Å². The predicted molar refractivity (Wildman–Crippen MR) is 130 cm³/mol. The van der Waals surface area contributed by atoms with Gasteiger partial charge >= 0.3 is 5.97 Å². The van der Waals surface area contributed by atoms with Crippen LogP contribution in [0.15, 0.2) is 48.5 Å². The number of anilines is 2. The van der Waals surface area contributed by atoms with E-state index < -0.39 is 11.9 Å². The Hall–Kier alpha value is -3.36. The van der Waals surface area contributed by atoms with Gasteiger partial charge in [-0.15, -0.1) is 11.3 Å². The van der Waals surface area contributed by atoms with E-state index in [2.05, 4.69) is 10.6 Å². The van der Waals surface area contributed by atoms with E-state index in [0.29, 0.717) is 26.9 Å². The fraction of sp³-hybridized carbons (Fsp3) is 0.208. The summed E-state index contributed by atoms with van der Waals surface area (Å²) in [5.41, 5.74) is 1.94. The lowest BCUT2D eigenvalue weighted by Crippen LogP contribution is -2.16. The molecule has 172 valence electrons. The minimum atomic E-state index is -0.600. The first-order chi connectivity index (χ1) is 15.8. The van der Waals surface area contributed by atoms with Crippen LogP contribution in [0.2, 0.25) is 5.02 Å². The summed E-state index contributed by atoms with van der Waals surface area (Å²) in [6.07, 6.45) is 0.0928. The Kier molecular flexibility index (Phi) is 8.08. The lowest BCUT2D eigenvalue weighted by atomic mass is 10.1. The molecule has 0 aliphatic rings. The van der Waals surface area contributed by atoms with E-state index in [4.69, 9.17) is 21.1 Å². The molecule has 3 rings (SSSR count). The second-order valence-corrected chi connectivity index (χ2v) is 8.47. The molecule has 0 aliphatic heterocycles. The minimum Gasteiger partial charge on any atom is -0.497 e. The van der Waals surface area contributed by atoms with Gasteiger partial charge in [-0.05, 0) is 61.4 Å². The number of hydrogen-bond donors (Lipinski definition) is 2. The average molecular weight is 487 g/mol. The fourth-order valence-electron chi connectivity index (χ4n) is 3.09. The Morgan fingerprint density at radius 1 is 1.00 bits per heavy atom. The normalized spacial score (nSPS) is 10.4. The van der Waals surface area contributed by atoms with E-state index in [0.717, 1.165) is 16.9 Å². The van der Waals surface area contributed by atoms with Gasteiger partial charge in [0.05, 0.1) is 30.6 Å². The van der Waals surface area contributed by atoms with Crippen LogP contribution in [-0.2, 0) is 16.0 Å². The van der Waals surface area contributed by atoms with Crippen molar-refractivity contribution in [3.05, 3.63) is 75.1 Å². The smallest absolute Gasteiger partial charge is 0.341 e. The number of ether oxygens (including phenoxy) is 2. The summed E-state index contributed by atoms with van der Waals surface area (Å²) in [6, 6.07) is 13.8. The number of nitrogens with one attached hydrogen (secondary N) is 2. The topological polar surface area (TPSA) is 93.7 Å². The van der Waals surface area contributed by atoms with Crippen LogP contribution in [0.1, 0.15) is 38.1 Å². The molecule has 0 saturated heterocycles. The van der Waals surface area contributed by atoms with Gasteiger partial charge in [-0.25, -0.2) is 4.79 Å². The first kappa shape index (κ1) is 24.3. The molecule has 0 saturated carbocycles. The molecule has 0 radical (unpaired) electrons. The summed E-state index contributed by atoms with van der Waals surface area (Å²) < 4.78 is 10.3. The van der Waals surface area contributed by atoms with Gasteiger partial charge in [0.2, 0.25) is 5.91 Å². The summed E-state index contributed by atoms with van der Waals surface area (Å²) in [6.45, 7) is 3.51. The van der Waals surface area contributed by atoms with Gasteiger partial charge in [0.25, 0.3) is 5.91 Å². The Bertz CT molecular complexity index is 1160. The number of esters is 1. The van der Waals surface area contributed by atoms with Crippen LogP contribution >= 0.6 is 22.9 Å². The monoisotopic (exact) mass is 486 g/mol. The summed E-state index contributed by atoms with van der Waals surface area (Å²) in [5.74, 6) is -0.636. The highest BCUT2D eigenvalue weighted by atomic mass is 35.5. The lowest BCUT2D eigenvalue weighted by molar-refractivity contribution is -0.115. The molecule has 1 aromatic heterocycles. The molecule has 2 N–H and O–H groups in total. The third-order valence-electron chi connectivity index (χ3n) is 4.71. The number of carbonyl (C=O) groups is 3. The van der Waals surface area contributed by atoms with Crippen LogP contribution in [0.3, 0.4) is 0 Å². The SMILES string of the molecule is CCOC(=O)c1c(NC(=O)Cc2ccc(OC)cc2)sc(C(=O)Nc2ccc(Cl)cc2)c1C. The zero-order chi connectivity index (χ0) is 24.0. The van der Waals surface area contributed by atoms with Crippen LogP contribution in [0.5, 0.6) is 5.75 Å². The molecule has 3 aromatic rings. The summed E-state index contributed by atoms with van der Waals surface area (Å²) in [5, 5.41) is 6.36. The molecule has 9 heteroatoms. The molecule has 0 bridgehead atoms. The molecular formula is C24H23ClN2O5S. The summed E-state index contributed by atoms with van der Waals surface area (Å²) >= 11 is 6.92. The van der Waals surface area contributed by atoms with E-state index >= 15 is 0 Å². The van der Waals surface area contributed by atoms with Crippen molar-refractivity contribution in [2.45, 2.75) is 20.3 Å². The molecule has 0 fully saturated rings. The van der Waals surface area contributed by atoms with Crippen molar-refractivity contribution >= 4 is 51.4 Å². The number of hydrogen-bond acceptors (Lipinski definition) is 6. The van der Waals surface area contributed by atoms with Crippen molar-refractivity contribution < 1.29 is 23.9 Å². The number of benzene rings is 2. The number of halogens is 1. The second-order valence-electron chi connectivity index (χ2n) is 7.01. The maximum atomic E-state index is 12.9. The standard InChI is InChI=1S/C24H23ClN2O5S/c1-4-32-24(30)20-14(2)21(22(29)26-17-9-7-16(25)8-10-17)33-23(20)27-19(28)13-15-5-11-18(31-3)12-6-15/h5-12H,4,13H2,1-3H3,(H,26,29)(H,27,28). The van der Waals surface area contributed by atoms with Gasteiger partial charge < -0.3 is 20.1 Å². The van der Waals surface area contributed by atoms with Crippen molar-refractivity contribution in [3.8, 4) is 5.75 Å². The summed E-state index contributed by atoms with van der Waals surface area (Å²) in [4.78, 5) is 38.5. The minimum absolute atomic E-state index is 0.0928. The maximum absolute atomic E-state index is 12.9. The lowest BCUT2D eigenvalue weighted by Gasteiger charge is -2.08. The van der Waals surface area contributed by atoms with E-state index in [9.17, 15) is 14.4 Å². The van der Waals surface area contributed by atoms with Gasteiger partial charge in [-0.3, -0.25) is 9.59 Å². The zero-order valence-corrected chi connectivity index (χ0v) is 19.9. The summed E-state index contributed by atoms with van der Waals surface area (Å²) in [7, 11) is 1.57. The van der Waals surface area contributed by atoms with Crippen molar-refractivity contribution in [2.24, 2.45) is 0 Å². The van der Waals surface area contributed by atoms with Crippen molar-refractivity contribution in [3.63, 3.8) is 0 Å². The number of thiophene rings is 1. The molecular weight excluding hydrogens is 464 g/mol. The van der Waals surface area contributed by atoms with Crippen molar-refractivity contribution in [1.29, 1.82) is 0 Å². The van der Waals surface area contributed by atoms with Crippen LogP contribution in [0.4, 0.5) is 10.7 Å². The number of amides is 2. The molecule has 0 atom stereocenters. The van der Waals surface area contributed by atoms with Gasteiger partial charge in [0.15, 0.2) is 0 Å². The van der Waals surface area contributed by atoms with Gasteiger partial charge in [-0.2, -0.15) is 0 Å². The van der Waals surface area contributed by atoms with Crippen LogP contribution in [0, 0.1) is 6.92 Å². The fourth-order valence-corrected chi connectivity index (χ4v) is 4.32. The third kappa shape index (κ3) is 6.12. The van der Waals surface area contributed by atoms with Gasteiger partial charge in [-0.1, -0.05) is 23.7 Å². The van der Waals surface area contributed by atoms with E-state index in [-0.39, 0.29) is 29.5 Å². The molecule has 2 aromatic carbocycles. The largest absolute Gasteiger partial charge is 0.497 e. The predicted octanol–water partition coefficient (Wildman–Crippen LogP) is 5.33. The highest BCUT2D eigenvalue weighted by Gasteiger charge is 2.26. The first-order valence-corrected chi connectivity index (χ1v) is 11.3. The van der Waals surface area contributed by atoms with Crippen LogP contribution < -0.4 is 15.4 Å². The number of rotatable bonds is 8. The molecule has 2 amide bonds. The van der Waals surface area contributed by atoms with Crippen molar-refractivity contribution in [1.82, 2.24) is 0 Å². The van der Waals surface area contributed by atoms with E-state index in [1.54, 1.807) is 69.5 Å². The van der Waals surface area contributed by atoms with Crippen LogP contribution in [-0.4, -0.2) is 31.5 Å². The molecule has 0 aliphatic carbocycles. The van der Waals surface area contributed by atoms with E-state index in [1.165, 1.54) is 0 Å². The highest BCUT2D eigenvalue weighted by molar-refractivity contribution is 7.19. The second kappa shape index (κ2) is 11.0. The Morgan fingerprint density at radius 2 is 1.67 bits per heavy atom. The number of carbonyl (C=O) groups excluding carboxylic acids is 3. The maximum Gasteiger partial charge on any atom is 0.341 e. The van der Waals surface area contributed by atoms with Gasteiger partial charge in [0, 0.05) is 10.7 Å². The Balaban J connectivity index is 1.84. The van der Waals surface area contributed by atoms with Gasteiger partial charge in [0.1, 0.15) is 10.8 Å². The molecule has 33 heavy (non-hydrogen) atoms. The van der Waals surface area contributed by atoms with Crippen molar-refractivity contribution in [2.75, 3.05) is 24.4 Å². The zero-order valence-electron chi connectivity index (χ0n) is 18.4. The first-order valence-electron chi connectivity index (χ1n) is 10.1. The molecule has 0 spiro atoms. The molecule has 7 nitrogen and oxygen atoms in total. The molecule has 1 heterocycles. The quantitative estimate of drug-likeness (QED) is 0.420. The third-order valence-corrected chi connectivity index (χ3v) is 6.17. The Labute approximate surface area is 200 Å². The highest BCUT2D eigenvalue weighted by Crippen LogP contribution is 2.34. The number of methoxy groups -OCH3 is 1. The van der Waals surface area contributed by atoms with Crippen LogP contribution in [0.25, 0.3) is 0 Å². The Morgan fingerprint density at radius 3 is 2.27 bits per heavy atom. The molecule has 0 unspecified atom stereocenters. The average Bonchev–Trinajstić information content (AvgIpc) is 3.11.